The molecule has 1 aromatic heterocycles. The lowest BCUT2D eigenvalue weighted by molar-refractivity contribution is 0.112. The minimum atomic E-state index is 0.307. The van der Waals surface area contributed by atoms with E-state index in [-0.39, 0.29) is 0 Å². The molecule has 29 heavy (non-hydrogen) atoms. The van der Waals surface area contributed by atoms with E-state index in [1.807, 2.05) is 6.07 Å². The van der Waals surface area contributed by atoms with Gasteiger partial charge in [0.25, 0.3) is 0 Å². The van der Waals surface area contributed by atoms with Crippen LogP contribution in [0.15, 0.2) is 36.4 Å². The molecule has 0 atom stereocenters. The molecule has 0 unspecified atom stereocenters. The molecule has 0 aliphatic heterocycles. The molecule has 2 aromatic carbocycles. The summed E-state index contributed by atoms with van der Waals surface area (Å²) in [6.45, 7) is 1.59. The minimum absolute atomic E-state index is 0.307. The number of hydrogen-bond donors (Lipinski definition) is 1. The number of methoxy groups -OCH3 is 2. The Balaban J connectivity index is 2.03. The highest BCUT2D eigenvalue weighted by Crippen LogP contribution is 2.35. The van der Waals surface area contributed by atoms with Crippen molar-refractivity contribution in [3.05, 3.63) is 42.0 Å². The van der Waals surface area contributed by atoms with Crippen LogP contribution in [0.2, 0.25) is 0 Å². The van der Waals surface area contributed by atoms with Gasteiger partial charge in [-0.15, -0.1) is 0 Å². The van der Waals surface area contributed by atoms with Crippen molar-refractivity contribution < 1.29 is 23.7 Å². The van der Waals surface area contributed by atoms with Crippen LogP contribution in [0.5, 0.6) is 11.5 Å². The molecule has 0 radical (unpaired) electrons. The zero-order valence-electron chi connectivity index (χ0n) is 16.4. The van der Waals surface area contributed by atoms with Gasteiger partial charge in [0.15, 0.2) is 17.3 Å². The van der Waals surface area contributed by atoms with E-state index in [4.69, 9.17) is 24.7 Å². The predicted molar refractivity (Wildman–Crippen MR) is 110 cm³/mol. The highest BCUT2D eigenvalue weighted by Gasteiger charge is 2.14. The van der Waals surface area contributed by atoms with Crippen LogP contribution in [0.1, 0.15) is 10.4 Å². The Labute approximate surface area is 168 Å². The van der Waals surface area contributed by atoms with Crippen LogP contribution >= 0.6 is 0 Å². The van der Waals surface area contributed by atoms with Gasteiger partial charge in [-0.25, -0.2) is 9.97 Å². The monoisotopic (exact) mass is 397 g/mol. The van der Waals surface area contributed by atoms with Crippen molar-refractivity contribution in [2.24, 2.45) is 0 Å². The average molecular weight is 397 g/mol. The summed E-state index contributed by atoms with van der Waals surface area (Å²) in [6.07, 6.45) is 0.777. The molecule has 1 heterocycles. The second-order valence-corrected chi connectivity index (χ2v) is 6.17. The minimum Gasteiger partial charge on any atom is -0.487 e. The highest BCUT2D eigenvalue weighted by atomic mass is 16.5. The van der Waals surface area contributed by atoms with Gasteiger partial charge in [0.05, 0.1) is 18.7 Å². The Kier molecular flexibility index (Phi) is 6.94. The van der Waals surface area contributed by atoms with Crippen LogP contribution in [-0.4, -0.2) is 56.9 Å². The Hall–Kier alpha value is -3.23. The molecule has 0 saturated heterocycles. The lowest BCUT2D eigenvalue weighted by atomic mass is 10.1. The number of hydrogen-bond acceptors (Lipinski definition) is 8. The number of ether oxygens (including phenoxy) is 4. The topological polar surface area (TPSA) is 106 Å². The number of carbonyl (C=O) groups is 1. The number of rotatable bonds is 10. The van der Waals surface area contributed by atoms with E-state index in [0.29, 0.717) is 71.6 Å². The van der Waals surface area contributed by atoms with E-state index in [9.17, 15) is 4.79 Å². The number of anilines is 1. The van der Waals surface area contributed by atoms with Crippen molar-refractivity contribution in [2.45, 2.75) is 0 Å². The maximum Gasteiger partial charge on any atom is 0.163 e. The molecular formula is C21H23N3O5. The third-order valence-electron chi connectivity index (χ3n) is 4.16. The van der Waals surface area contributed by atoms with Gasteiger partial charge in [0, 0.05) is 36.8 Å². The number of aldehydes is 1. The van der Waals surface area contributed by atoms with Crippen LogP contribution < -0.4 is 15.2 Å². The fraction of sp³-hybridized carbons (Fsp3) is 0.286. The first-order valence-electron chi connectivity index (χ1n) is 9.06. The number of nitrogens with zero attached hydrogens (tertiary/aromatic N) is 2. The van der Waals surface area contributed by atoms with Crippen molar-refractivity contribution in [1.29, 1.82) is 0 Å². The molecule has 0 aliphatic carbocycles. The zero-order chi connectivity index (χ0) is 20.6. The number of carbonyl (C=O) groups excluding carboxylic acids is 1. The first-order chi connectivity index (χ1) is 14.2. The third-order valence-corrected chi connectivity index (χ3v) is 4.16. The van der Waals surface area contributed by atoms with E-state index >= 15 is 0 Å². The molecule has 8 nitrogen and oxygen atoms in total. The second kappa shape index (κ2) is 9.81. The summed E-state index contributed by atoms with van der Waals surface area (Å²) in [7, 11) is 3.21. The Morgan fingerprint density at radius 2 is 1.62 bits per heavy atom. The molecule has 3 aromatic rings. The van der Waals surface area contributed by atoms with Crippen molar-refractivity contribution in [3.8, 4) is 22.9 Å². The van der Waals surface area contributed by atoms with Gasteiger partial charge in [0.1, 0.15) is 25.3 Å². The number of nitrogens with two attached hydrogens (primary N) is 1. The molecule has 152 valence electrons. The third kappa shape index (κ3) is 4.98. The maximum atomic E-state index is 11.1. The quantitative estimate of drug-likeness (QED) is 0.411. The molecule has 2 N–H and O–H groups in total. The Morgan fingerprint density at radius 1 is 0.931 bits per heavy atom. The van der Waals surface area contributed by atoms with Crippen LogP contribution in [0.4, 0.5) is 5.82 Å². The van der Waals surface area contributed by atoms with E-state index < -0.39 is 0 Å². The fourth-order valence-electron chi connectivity index (χ4n) is 2.74. The van der Waals surface area contributed by atoms with E-state index in [0.717, 1.165) is 6.29 Å². The van der Waals surface area contributed by atoms with Gasteiger partial charge in [0.2, 0.25) is 0 Å². The lowest BCUT2D eigenvalue weighted by Gasteiger charge is -2.15. The van der Waals surface area contributed by atoms with Gasteiger partial charge in [-0.1, -0.05) is 18.2 Å². The Morgan fingerprint density at radius 3 is 2.28 bits per heavy atom. The molecule has 8 heteroatoms. The summed E-state index contributed by atoms with van der Waals surface area (Å²) < 4.78 is 21.7. The van der Waals surface area contributed by atoms with Crippen molar-refractivity contribution in [1.82, 2.24) is 9.97 Å². The van der Waals surface area contributed by atoms with Crippen molar-refractivity contribution in [2.75, 3.05) is 46.4 Å². The summed E-state index contributed by atoms with van der Waals surface area (Å²) in [5, 5.41) is 0.645. The predicted octanol–water partition coefficient (Wildman–Crippen LogP) is 2.74. The van der Waals surface area contributed by atoms with E-state index in [2.05, 4.69) is 9.97 Å². The maximum absolute atomic E-state index is 11.1. The second-order valence-electron chi connectivity index (χ2n) is 6.17. The van der Waals surface area contributed by atoms with E-state index in [1.54, 1.807) is 44.6 Å². The van der Waals surface area contributed by atoms with Crippen molar-refractivity contribution >= 4 is 23.0 Å². The number of benzene rings is 2. The van der Waals surface area contributed by atoms with Gasteiger partial charge in [-0.05, 0) is 12.1 Å². The number of aromatic nitrogens is 2. The van der Waals surface area contributed by atoms with Crippen molar-refractivity contribution in [3.63, 3.8) is 0 Å². The first kappa shape index (κ1) is 20.5. The van der Waals surface area contributed by atoms with Gasteiger partial charge in [-0.3, -0.25) is 4.79 Å². The first-order valence-corrected chi connectivity index (χ1v) is 9.06. The molecule has 0 fully saturated rings. The fourth-order valence-corrected chi connectivity index (χ4v) is 2.74. The number of nitrogen functional groups attached to an aromatic ring is 1. The Bertz CT molecular complexity index is 993. The zero-order valence-corrected chi connectivity index (χ0v) is 16.4. The average Bonchev–Trinajstić information content (AvgIpc) is 2.74. The largest absolute Gasteiger partial charge is 0.487 e. The summed E-state index contributed by atoms with van der Waals surface area (Å²) in [5.41, 5.74) is 8.04. The molecule has 0 amide bonds. The van der Waals surface area contributed by atoms with Crippen LogP contribution in [0, 0.1) is 0 Å². The summed E-state index contributed by atoms with van der Waals surface area (Å²) in [5.74, 6) is 1.78. The molecule has 0 aliphatic rings. The normalized spacial score (nSPS) is 10.8. The number of fused-ring (bicyclic) bond motifs is 1. The van der Waals surface area contributed by atoms with E-state index in [1.165, 1.54) is 0 Å². The van der Waals surface area contributed by atoms with Crippen LogP contribution in [0.25, 0.3) is 22.3 Å². The summed E-state index contributed by atoms with van der Waals surface area (Å²) in [6, 6.07) is 10.5. The molecule has 0 spiro atoms. The molecule has 0 saturated carbocycles. The summed E-state index contributed by atoms with van der Waals surface area (Å²) in [4.78, 5) is 20.1. The van der Waals surface area contributed by atoms with Gasteiger partial charge >= 0.3 is 0 Å². The molecule has 3 rings (SSSR count). The van der Waals surface area contributed by atoms with Gasteiger partial charge < -0.3 is 24.7 Å². The smallest absolute Gasteiger partial charge is 0.163 e. The highest BCUT2D eigenvalue weighted by molar-refractivity contribution is 5.92. The standard InChI is InChI=1S/C21H23N3O5/c1-26-6-8-28-18-11-16-17(12-19(18)29-9-7-27-2)23-21(24-20(16)22)15-5-3-4-14(10-15)13-25/h3-5,10-13H,6-9H2,1-2H3,(H2,22,23,24). The molecule has 0 bridgehead atoms. The summed E-state index contributed by atoms with van der Waals surface area (Å²) >= 11 is 0. The lowest BCUT2D eigenvalue weighted by Crippen LogP contribution is -2.09. The molecular weight excluding hydrogens is 374 g/mol. The van der Waals surface area contributed by atoms with Crippen LogP contribution in [-0.2, 0) is 9.47 Å². The van der Waals surface area contributed by atoms with Gasteiger partial charge in [-0.2, -0.15) is 0 Å². The SMILES string of the molecule is COCCOc1cc2nc(-c3cccc(C=O)c3)nc(N)c2cc1OCCOC. The van der Waals surface area contributed by atoms with Crippen LogP contribution in [0.3, 0.4) is 0 Å².